The molecule has 10 heteroatoms. The van der Waals surface area contributed by atoms with E-state index >= 15 is 0 Å². The minimum Gasteiger partial charge on any atom is -0.477 e. The lowest BCUT2D eigenvalue weighted by atomic mass is 10.2. The third kappa shape index (κ3) is 4.24. The fraction of sp³-hybridized carbons (Fsp3) is 0.125. The van der Waals surface area contributed by atoms with Gasteiger partial charge in [0, 0.05) is 17.6 Å². The molecule has 26 heavy (non-hydrogen) atoms. The van der Waals surface area contributed by atoms with E-state index in [9.17, 15) is 18.3 Å². The third-order valence-corrected chi connectivity index (χ3v) is 6.42. The normalized spacial score (nSPS) is 13.3. The van der Waals surface area contributed by atoms with Crippen LogP contribution in [0, 0.1) is 0 Å². The Bertz CT molecular complexity index is 992. The number of aromatic carboxylic acids is 1. The molecule has 1 aromatic carbocycles. The Kier molecular flexibility index (Phi) is 6.06. The molecule has 0 saturated heterocycles. The first-order chi connectivity index (χ1) is 12.2. The van der Waals surface area contributed by atoms with Crippen LogP contribution in [0.1, 0.15) is 16.6 Å². The number of sulfonamides is 1. The summed E-state index contributed by atoms with van der Waals surface area (Å²) in [5.41, 5.74) is 6.26. The lowest BCUT2D eigenvalue weighted by molar-refractivity contribution is 0.0703. The lowest BCUT2D eigenvalue weighted by Crippen LogP contribution is -2.22. The summed E-state index contributed by atoms with van der Waals surface area (Å²) in [5.74, 6) is -1.25. The van der Waals surface area contributed by atoms with Crippen LogP contribution < -0.4 is 10.5 Å². The highest BCUT2D eigenvalue weighted by atomic mass is 35.5. The van der Waals surface area contributed by atoms with Gasteiger partial charge in [-0.15, -0.1) is 11.3 Å². The molecule has 138 valence electrons. The summed E-state index contributed by atoms with van der Waals surface area (Å²) in [6.45, 7) is 1.36. The number of anilines is 1. The highest BCUT2D eigenvalue weighted by molar-refractivity contribution is 7.97. The summed E-state index contributed by atoms with van der Waals surface area (Å²) in [6.07, 6.45) is 0. The van der Waals surface area contributed by atoms with Crippen LogP contribution in [0.2, 0.25) is 0 Å². The minimum atomic E-state index is -4.23. The fourth-order valence-corrected chi connectivity index (χ4v) is 4.92. The van der Waals surface area contributed by atoms with Crippen molar-refractivity contribution < 1.29 is 18.3 Å². The number of nitrogens with one attached hydrogen (secondary N) is 1. The molecule has 0 saturated carbocycles. The number of carboxylic acid groups (broad SMARTS) is 1. The van der Waals surface area contributed by atoms with E-state index in [-0.39, 0.29) is 21.4 Å². The van der Waals surface area contributed by atoms with Crippen molar-refractivity contribution in [2.24, 2.45) is 10.7 Å². The van der Waals surface area contributed by atoms with E-state index in [1.54, 1.807) is 24.3 Å². The maximum Gasteiger partial charge on any atom is 0.348 e. The molecule has 0 aliphatic rings. The first-order valence-corrected chi connectivity index (χ1v) is 9.89. The molecule has 0 amide bonds. The molecule has 7 nitrogen and oxygen atoms in total. The largest absolute Gasteiger partial charge is 0.477 e. The van der Waals surface area contributed by atoms with Gasteiger partial charge in [-0.2, -0.15) is 0 Å². The van der Waals surface area contributed by atoms with Crippen molar-refractivity contribution >= 4 is 49.8 Å². The molecular weight excluding hydrogens is 398 g/mol. The molecule has 0 atom stereocenters. The summed E-state index contributed by atoms with van der Waals surface area (Å²) >= 11 is 6.82. The number of thiophene rings is 1. The second-order valence-electron chi connectivity index (χ2n) is 5.16. The molecule has 0 fully saturated rings. The molecule has 1 aromatic heterocycles. The summed E-state index contributed by atoms with van der Waals surface area (Å²) in [6, 6.07) is 10.5. The number of aliphatic imine (C=N–C) groups is 1. The first-order valence-electron chi connectivity index (χ1n) is 7.21. The van der Waals surface area contributed by atoms with Crippen molar-refractivity contribution in [1.29, 1.82) is 0 Å². The number of allylic oxidation sites excluding steroid dienone is 2. The van der Waals surface area contributed by atoms with Crippen molar-refractivity contribution in [3.8, 4) is 10.4 Å². The zero-order valence-corrected chi connectivity index (χ0v) is 16.2. The Morgan fingerprint density at radius 2 is 1.92 bits per heavy atom. The highest BCUT2D eigenvalue weighted by Crippen LogP contribution is 2.36. The summed E-state index contributed by atoms with van der Waals surface area (Å²) in [4.78, 5) is 15.2. The average molecular weight is 414 g/mol. The molecule has 1 heterocycles. The van der Waals surface area contributed by atoms with Crippen LogP contribution in [0.15, 0.2) is 52.0 Å². The summed E-state index contributed by atoms with van der Waals surface area (Å²) in [5, 5.41) is 9.12. The van der Waals surface area contributed by atoms with Crippen LogP contribution in [0.4, 0.5) is 5.69 Å². The maximum atomic E-state index is 12.7. The predicted molar refractivity (Wildman–Crippen MR) is 105 cm³/mol. The molecule has 0 bridgehead atoms. The number of carbonyl (C=O) groups is 1. The van der Waals surface area contributed by atoms with Crippen molar-refractivity contribution in [2.75, 3.05) is 11.8 Å². The predicted octanol–water partition coefficient (Wildman–Crippen LogP) is 3.31. The Morgan fingerprint density at radius 1 is 1.31 bits per heavy atom. The number of benzene rings is 1. The van der Waals surface area contributed by atoms with Gasteiger partial charge in [0.1, 0.15) is 15.0 Å². The zero-order chi connectivity index (χ0) is 19.5. The fourth-order valence-electron chi connectivity index (χ4n) is 2.15. The van der Waals surface area contributed by atoms with Crippen LogP contribution in [0.25, 0.3) is 10.4 Å². The van der Waals surface area contributed by atoms with Crippen molar-refractivity contribution in [3.63, 3.8) is 0 Å². The number of halogens is 1. The molecule has 0 radical (unpaired) electrons. The van der Waals surface area contributed by atoms with Gasteiger partial charge in [0.15, 0.2) is 0 Å². The topological polar surface area (TPSA) is 122 Å². The van der Waals surface area contributed by atoms with Gasteiger partial charge in [0.2, 0.25) is 0 Å². The Morgan fingerprint density at radius 3 is 2.42 bits per heavy atom. The molecular formula is C16H16ClN3O4S2. The van der Waals surface area contributed by atoms with E-state index in [0.717, 1.165) is 16.9 Å². The summed E-state index contributed by atoms with van der Waals surface area (Å²) < 4.78 is 27.6. The minimum absolute atomic E-state index is 0.0662. The number of rotatable bonds is 6. The highest BCUT2D eigenvalue weighted by Gasteiger charge is 2.27. The third-order valence-electron chi connectivity index (χ3n) is 3.24. The molecule has 0 aliphatic carbocycles. The molecule has 4 N–H and O–H groups in total. The van der Waals surface area contributed by atoms with Crippen molar-refractivity contribution in [3.05, 3.63) is 51.9 Å². The van der Waals surface area contributed by atoms with Crippen LogP contribution in [-0.2, 0) is 10.0 Å². The van der Waals surface area contributed by atoms with E-state index in [2.05, 4.69) is 9.71 Å². The zero-order valence-electron chi connectivity index (χ0n) is 13.9. The lowest BCUT2D eigenvalue weighted by Gasteiger charge is -2.11. The van der Waals surface area contributed by atoms with Gasteiger partial charge in [0.25, 0.3) is 10.0 Å². The number of nitrogens with zero attached hydrogens (tertiary/aromatic N) is 1. The molecule has 2 rings (SSSR count). The van der Waals surface area contributed by atoms with Crippen LogP contribution in [0.3, 0.4) is 0 Å². The van der Waals surface area contributed by atoms with Gasteiger partial charge in [-0.3, -0.25) is 9.71 Å². The van der Waals surface area contributed by atoms with Crippen molar-refractivity contribution in [1.82, 2.24) is 0 Å². The van der Waals surface area contributed by atoms with Crippen LogP contribution in [-0.4, -0.2) is 31.7 Å². The van der Waals surface area contributed by atoms with E-state index in [4.69, 9.17) is 17.3 Å². The van der Waals surface area contributed by atoms with Gasteiger partial charge >= 0.3 is 5.97 Å². The van der Waals surface area contributed by atoms with E-state index in [1.165, 1.54) is 20.0 Å². The van der Waals surface area contributed by atoms with Crippen LogP contribution in [0.5, 0.6) is 0 Å². The molecule has 0 spiro atoms. The first kappa shape index (κ1) is 20.0. The van der Waals surface area contributed by atoms with Gasteiger partial charge in [0.05, 0.1) is 5.69 Å². The smallest absolute Gasteiger partial charge is 0.348 e. The van der Waals surface area contributed by atoms with E-state index in [1.807, 2.05) is 6.07 Å². The second-order valence-corrected chi connectivity index (χ2v) is 8.19. The van der Waals surface area contributed by atoms with E-state index < -0.39 is 20.9 Å². The number of hydrogen-bond donors (Lipinski definition) is 3. The van der Waals surface area contributed by atoms with Gasteiger partial charge in [-0.05, 0) is 18.6 Å². The molecule has 0 unspecified atom stereocenters. The number of nitrogens with two attached hydrogens (primary N) is 1. The average Bonchev–Trinajstić information content (AvgIpc) is 2.98. The summed E-state index contributed by atoms with van der Waals surface area (Å²) in [7, 11) is -2.90. The van der Waals surface area contributed by atoms with Crippen molar-refractivity contribution in [2.45, 2.75) is 6.92 Å². The quantitative estimate of drug-likeness (QED) is 0.627. The maximum absolute atomic E-state index is 12.7. The van der Waals surface area contributed by atoms with Gasteiger partial charge in [-0.1, -0.05) is 41.9 Å². The second kappa shape index (κ2) is 7.90. The SMILES string of the molecule is CN=C(Cl)/C(=C(/C)N)S(=O)(=O)Nc1cc(-c2ccccc2)sc1C(=O)O. The Hall–Kier alpha value is -2.36. The Balaban J connectivity index is 2.54. The van der Waals surface area contributed by atoms with Gasteiger partial charge < -0.3 is 10.8 Å². The standard InChI is InChI=1S/C16H16ClN3O4S2/c1-9(18)14(15(17)19-2)26(23,24)20-11-8-12(25-13(11)16(21)22)10-6-4-3-5-7-10/h3-8,20H,18H2,1-2H3,(H,21,22)/b14-9+,19-15?. The van der Waals surface area contributed by atoms with E-state index in [0.29, 0.717) is 4.88 Å². The monoisotopic (exact) mass is 413 g/mol. The van der Waals surface area contributed by atoms with Crippen LogP contribution >= 0.6 is 22.9 Å². The number of carboxylic acids is 1. The molecule has 2 aromatic rings. The molecule has 0 aliphatic heterocycles. The van der Waals surface area contributed by atoms with Gasteiger partial charge in [-0.25, -0.2) is 13.2 Å². The number of hydrogen-bond acceptors (Lipinski definition) is 6. The Labute approximate surface area is 159 Å².